The third-order valence-corrected chi connectivity index (χ3v) is 14.4. The summed E-state index contributed by atoms with van der Waals surface area (Å²) in [4.78, 5) is 0.312. The second-order valence-corrected chi connectivity index (χ2v) is 22.1. The molecule has 6 aromatic rings. The van der Waals surface area contributed by atoms with Gasteiger partial charge in [-0.3, -0.25) is 0 Å². The van der Waals surface area contributed by atoms with Crippen molar-refractivity contribution in [3.05, 3.63) is 172 Å². The van der Waals surface area contributed by atoms with Crippen LogP contribution in [0.25, 0.3) is 11.1 Å². The number of halogens is 5. The highest BCUT2D eigenvalue weighted by atomic mass is 79.9. The maximum atomic E-state index is 14.7. The van der Waals surface area contributed by atoms with Crippen molar-refractivity contribution >= 4 is 48.2 Å². The van der Waals surface area contributed by atoms with Crippen LogP contribution in [0.2, 0.25) is 0 Å². The first-order valence-corrected chi connectivity index (χ1v) is 27.1. The predicted molar refractivity (Wildman–Crippen MR) is 264 cm³/mol. The number of hydrogen-bond acceptors (Lipinski definition) is 10. The molecular formula is C52H54BBrF4O10S2. The van der Waals surface area contributed by atoms with Crippen LogP contribution in [0.4, 0.5) is 17.6 Å². The Kier molecular flexibility index (Phi) is 19.6. The molecule has 2 saturated carbocycles. The average molecular weight is 1070 g/mol. The Morgan fingerprint density at radius 1 is 0.500 bits per heavy atom. The van der Waals surface area contributed by atoms with Crippen LogP contribution in [-0.2, 0) is 42.4 Å². The molecule has 0 spiro atoms. The minimum absolute atomic E-state index is 0.108. The largest absolute Gasteiger partial charge is 0.488 e. The van der Waals surface area contributed by atoms with Gasteiger partial charge in [0.15, 0.2) is 54.4 Å². The van der Waals surface area contributed by atoms with E-state index in [-0.39, 0.29) is 51.2 Å². The van der Waals surface area contributed by atoms with Crippen LogP contribution in [0.3, 0.4) is 0 Å². The summed E-state index contributed by atoms with van der Waals surface area (Å²) in [5, 5.41) is 17.4. The van der Waals surface area contributed by atoms with E-state index < -0.39 is 50.1 Å². The van der Waals surface area contributed by atoms with Gasteiger partial charge in [0.05, 0.1) is 47.4 Å². The summed E-state index contributed by atoms with van der Waals surface area (Å²) in [5.41, 5.74) is 3.37. The summed E-state index contributed by atoms with van der Waals surface area (Å²) in [6, 6.07) is 36.1. The molecule has 2 N–H and O–H groups in total. The minimum Gasteiger partial charge on any atom is -0.484 e. The molecule has 0 atom stereocenters. The molecule has 0 saturated heterocycles. The van der Waals surface area contributed by atoms with Crippen molar-refractivity contribution in [3.63, 3.8) is 0 Å². The normalized spacial score (nSPS) is 18.1. The van der Waals surface area contributed by atoms with Crippen molar-refractivity contribution in [1.82, 2.24) is 0 Å². The van der Waals surface area contributed by atoms with Gasteiger partial charge in [-0.05, 0) is 128 Å². The van der Waals surface area contributed by atoms with Crippen LogP contribution >= 0.6 is 15.9 Å². The van der Waals surface area contributed by atoms with E-state index in [1.54, 1.807) is 0 Å². The maximum Gasteiger partial charge on any atom is 0.488 e. The maximum absolute atomic E-state index is 14.7. The van der Waals surface area contributed by atoms with Crippen molar-refractivity contribution in [3.8, 4) is 22.6 Å². The average Bonchev–Trinajstić information content (AvgIpc) is 3.34. The van der Waals surface area contributed by atoms with Gasteiger partial charge in [-0.1, -0.05) is 101 Å². The van der Waals surface area contributed by atoms with Gasteiger partial charge in [0.1, 0.15) is 0 Å². The minimum atomic E-state index is -3.34. The van der Waals surface area contributed by atoms with Gasteiger partial charge in [-0.2, -0.15) is 0 Å². The molecule has 6 aromatic carbocycles. The van der Waals surface area contributed by atoms with E-state index in [1.807, 2.05) is 60.7 Å². The number of hydrogen-bond donors (Lipinski definition) is 2. The summed E-state index contributed by atoms with van der Waals surface area (Å²) in [5.74, 6) is -3.57. The first kappa shape index (κ1) is 54.3. The van der Waals surface area contributed by atoms with Gasteiger partial charge in [0.2, 0.25) is 0 Å². The van der Waals surface area contributed by atoms with Crippen LogP contribution in [0.5, 0.6) is 11.5 Å². The summed E-state index contributed by atoms with van der Waals surface area (Å²) in [7, 11) is -8.11. The molecule has 0 aromatic heterocycles. The van der Waals surface area contributed by atoms with Crippen molar-refractivity contribution in [2.45, 2.75) is 98.8 Å². The molecule has 2 fully saturated rings. The van der Waals surface area contributed by atoms with Gasteiger partial charge >= 0.3 is 7.12 Å². The fourth-order valence-electron chi connectivity index (χ4n) is 7.81. The second kappa shape index (κ2) is 25.3. The van der Waals surface area contributed by atoms with Gasteiger partial charge < -0.3 is 29.0 Å². The van der Waals surface area contributed by atoms with Crippen LogP contribution in [0.1, 0.15) is 62.5 Å². The van der Waals surface area contributed by atoms with Gasteiger partial charge in [-0.25, -0.2) is 34.4 Å². The third kappa shape index (κ3) is 16.5. The first-order chi connectivity index (χ1) is 33.3. The summed E-state index contributed by atoms with van der Waals surface area (Å²) >= 11 is 3.06. The molecule has 0 amide bonds. The number of ether oxygens (including phenoxy) is 4. The zero-order chi connectivity index (χ0) is 50.4. The highest BCUT2D eigenvalue weighted by molar-refractivity contribution is 9.10. The van der Waals surface area contributed by atoms with E-state index >= 15 is 0 Å². The molecule has 0 heterocycles. The van der Waals surface area contributed by atoms with E-state index in [4.69, 9.17) is 29.0 Å². The molecule has 0 bridgehead atoms. The van der Waals surface area contributed by atoms with Crippen LogP contribution in [0, 0.1) is 23.3 Å². The zero-order valence-corrected chi connectivity index (χ0v) is 41.7. The standard InChI is InChI=1S/C26H26F2O4S.C19H19BrF2O2.C7H9BO4S/c1-33(29,30)23-13-7-19(8-14-23)20-15-24(27)26(25(28)16-20)32-22-11-9-21(10-12-22)31-17-18-5-3-2-4-6-18;20-14-10-17(21)19(18(22)11-14)24-16-8-6-15(7-9-16)23-12-13-4-2-1-3-5-13;1-13(11,12)7-4-2-6(3-5-7)8(9)10/h2-8,13-16,21-22H,9-12,17H2,1H3;1-5,10-11,15-16H,6-9,12H2;2-5,9-10H,1H3. The topological polar surface area (TPSA) is 146 Å². The van der Waals surface area contributed by atoms with E-state index in [2.05, 4.69) is 15.9 Å². The summed E-state index contributed by atoms with van der Waals surface area (Å²) in [6.07, 6.45) is 8.02. The first-order valence-electron chi connectivity index (χ1n) is 22.6. The van der Waals surface area contributed by atoms with Crippen LogP contribution in [-0.4, -0.2) is 70.9 Å². The molecule has 18 heteroatoms. The van der Waals surface area contributed by atoms with Gasteiger partial charge in [-0.15, -0.1) is 0 Å². The lowest BCUT2D eigenvalue weighted by Gasteiger charge is -2.29. The number of sulfone groups is 2. The smallest absolute Gasteiger partial charge is 0.484 e. The molecule has 0 radical (unpaired) electrons. The third-order valence-electron chi connectivity index (χ3n) is 11.7. The number of benzene rings is 6. The molecule has 2 aliphatic rings. The quantitative estimate of drug-likeness (QED) is 0.0799. The van der Waals surface area contributed by atoms with Gasteiger partial charge in [0.25, 0.3) is 0 Å². The molecule has 2 aliphatic carbocycles. The molecule has 8 rings (SSSR count). The SMILES string of the molecule is CS(=O)(=O)c1ccc(-c2cc(F)c(OC3CCC(OCc4ccccc4)CC3)c(F)c2)cc1.CS(=O)(=O)c1ccc(B(O)O)cc1.Fc1cc(Br)cc(F)c1OC1CCC(OCc2ccccc2)CC1. The van der Waals surface area contributed by atoms with Crippen molar-refractivity contribution in [2.24, 2.45) is 0 Å². The Labute approximate surface area is 415 Å². The Hall–Kier alpha value is -5.08. The Morgan fingerprint density at radius 2 is 0.843 bits per heavy atom. The lowest BCUT2D eigenvalue weighted by molar-refractivity contribution is -0.00781. The van der Waals surface area contributed by atoms with E-state index in [9.17, 15) is 34.4 Å². The molecule has 372 valence electrons. The molecule has 0 unspecified atom stereocenters. The van der Waals surface area contributed by atoms with E-state index in [0.717, 1.165) is 62.2 Å². The summed E-state index contributed by atoms with van der Waals surface area (Å²) < 4.78 is 126. The fraction of sp³-hybridized carbons (Fsp3) is 0.308. The summed E-state index contributed by atoms with van der Waals surface area (Å²) in [6.45, 7) is 1.14. The van der Waals surface area contributed by atoms with Gasteiger partial charge in [0, 0.05) is 17.0 Å². The molecular weight excluding hydrogens is 1020 g/mol. The highest BCUT2D eigenvalue weighted by Crippen LogP contribution is 2.34. The van der Waals surface area contributed by atoms with Crippen molar-refractivity contribution in [1.29, 1.82) is 0 Å². The predicted octanol–water partition coefficient (Wildman–Crippen LogP) is 10.3. The fourth-order valence-corrected chi connectivity index (χ4v) is 9.47. The molecule has 0 aliphatic heterocycles. The van der Waals surface area contributed by atoms with E-state index in [0.29, 0.717) is 41.7 Å². The molecule has 10 nitrogen and oxygen atoms in total. The van der Waals surface area contributed by atoms with Crippen molar-refractivity contribution in [2.75, 3.05) is 12.5 Å². The number of rotatable bonds is 14. The molecule has 70 heavy (non-hydrogen) atoms. The van der Waals surface area contributed by atoms with E-state index in [1.165, 1.54) is 72.8 Å². The Morgan fingerprint density at radius 3 is 1.20 bits per heavy atom. The van der Waals surface area contributed by atoms with Crippen LogP contribution < -0.4 is 14.9 Å². The Balaban J connectivity index is 0.000000189. The highest BCUT2D eigenvalue weighted by Gasteiger charge is 2.27. The zero-order valence-electron chi connectivity index (χ0n) is 38.5. The monoisotopic (exact) mass is 1070 g/mol. The van der Waals surface area contributed by atoms with Crippen molar-refractivity contribution < 1.29 is 63.4 Å². The Bertz CT molecular complexity index is 2790. The lowest BCUT2D eigenvalue weighted by atomic mass is 9.81. The van der Waals surface area contributed by atoms with Crippen LogP contribution in [0.15, 0.2) is 148 Å². The lowest BCUT2D eigenvalue weighted by Crippen LogP contribution is -2.29. The second-order valence-electron chi connectivity index (χ2n) is 17.1.